The molecule has 16 heavy (non-hydrogen) atoms. The van der Waals surface area contributed by atoms with Crippen LogP contribution in [0, 0.1) is 0 Å². The van der Waals surface area contributed by atoms with Gasteiger partial charge in [0.1, 0.15) is 11.2 Å². The lowest BCUT2D eigenvalue weighted by Crippen LogP contribution is -2.09. The molecular weight excluding hydrogens is 196 g/mol. The van der Waals surface area contributed by atoms with Crippen molar-refractivity contribution in [3.05, 3.63) is 23.8 Å². The SMILES string of the molecule is CC(C)(C)c1cc2ccc1o2.CCCCC. The molecule has 0 aliphatic carbocycles. The summed E-state index contributed by atoms with van der Waals surface area (Å²) in [6, 6.07) is 6.16. The molecule has 1 nitrogen and oxygen atoms in total. The minimum atomic E-state index is 0.210. The molecule has 1 heteroatoms. The molecule has 0 fully saturated rings. The maximum atomic E-state index is 5.44. The highest BCUT2D eigenvalue weighted by Crippen LogP contribution is 2.32. The van der Waals surface area contributed by atoms with Gasteiger partial charge in [-0.15, -0.1) is 0 Å². The fourth-order valence-electron chi connectivity index (χ4n) is 1.73. The first-order chi connectivity index (χ1) is 7.49. The van der Waals surface area contributed by atoms with Crippen molar-refractivity contribution in [2.45, 2.75) is 59.3 Å². The molecule has 2 bridgehead atoms. The molecule has 0 saturated heterocycles. The van der Waals surface area contributed by atoms with Gasteiger partial charge in [0.25, 0.3) is 0 Å². The predicted octanol–water partition coefficient (Wildman–Crippen LogP) is 5.36. The molecule has 0 unspecified atom stereocenters. The molecule has 2 aromatic rings. The second kappa shape index (κ2) is 5.38. The number of fused-ring (bicyclic) bond motifs is 2. The Morgan fingerprint density at radius 1 is 1.06 bits per heavy atom. The monoisotopic (exact) mass is 220 g/mol. The summed E-state index contributed by atoms with van der Waals surface area (Å²) in [6.45, 7) is 11.0. The van der Waals surface area contributed by atoms with Crippen LogP contribution in [0.15, 0.2) is 22.6 Å². The number of unbranched alkanes of at least 4 members (excludes halogenated alkanes) is 2. The molecule has 0 saturated carbocycles. The quantitative estimate of drug-likeness (QED) is 0.663. The van der Waals surface area contributed by atoms with E-state index in [0.29, 0.717) is 0 Å². The van der Waals surface area contributed by atoms with Crippen molar-refractivity contribution in [2.24, 2.45) is 0 Å². The van der Waals surface area contributed by atoms with Crippen LogP contribution < -0.4 is 0 Å². The van der Waals surface area contributed by atoms with Gasteiger partial charge in [-0.05, 0) is 23.6 Å². The van der Waals surface area contributed by atoms with Crippen molar-refractivity contribution in [3.63, 3.8) is 0 Å². The van der Waals surface area contributed by atoms with Gasteiger partial charge in [0.2, 0.25) is 0 Å². The van der Waals surface area contributed by atoms with E-state index in [4.69, 9.17) is 4.42 Å². The third-order valence-corrected chi connectivity index (χ3v) is 2.69. The Morgan fingerprint density at radius 2 is 1.69 bits per heavy atom. The fraction of sp³-hybridized carbons (Fsp3) is 0.600. The largest absolute Gasteiger partial charge is 0.457 e. The predicted molar refractivity (Wildman–Crippen MR) is 71.3 cm³/mol. The van der Waals surface area contributed by atoms with Gasteiger partial charge in [-0.25, -0.2) is 0 Å². The van der Waals surface area contributed by atoms with E-state index in [-0.39, 0.29) is 5.41 Å². The zero-order chi connectivity index (χ0) is 12.2. The van der Waals surface area contributed by atoms with E-state index in [1.807, 2.05) is 12.1 Å². The maximum Gasteiger partial charge on any atom is 0.131 e. The smallest absolute Gasteiger partial charge is 0.131 e. The van der Waals surface area contributed by atoms with Crippen LogP contribution in [-0.4, -0.2) is 0 Å². The molecule has 90 valence electrons. The van der Waals surface area contributed by atoms with Gasteiger partial charge in [-0.2, -0.15) is 0 Å². The molecule has 0 amide bonds. The van der Waals surface area contributed by atoms with Crippen molar-refractivity contribution in [1.29, 1.82) is 0 Å². The Balaban J connectivity index is 0.000000221. The van der Waals surface area contributed by atoms with E-state index in [0.717, 1.165) is 11.2 Å². The van der Waals surface area contributed by atoms with Gasteiger partial charge in [0.15, 0.2) is 0 Å². The van der Waals surface area contributed by atoms with Gasteiger partial charge < -0.3 is 4.42 Å². The summed E-state index contributed by atoms with van der Waals surface area (Å²) in [5.41, 5.74) is 3.55. The second-order valence-electron chi connectivity index (χ2n) is 5.36. The molecule has 2 aromatic heterocycles. The number of furan rings is 2. The van der Waals surface area contributed by atoms with Crippen molar-refractivity contribution >= 4 is 11.2 Å². The number of hydrogen-bond acceptors (Lipinski definition) is 1. The van der Waals surface area contributed by atoms with E-state index in [1.165, 1.54) is 24.8 Å². The first-order valence-electron chi connectivity index (χ1n) is 6.31. The highest BCUT2D eigenvalue weighted by Gasteiger charge is 2.19. The minimum Gasteiger partial charge on any atom is -0.457 e. The van der Waals surface area contributed by atoms with E-state index in [9.17, 15) is 0 Å². The van der Waals surface area contributed by atoms with Gasteiger partial charge >= 0.3 is 0 Å². The Kier molecular flexibility index (Phi) is 4.40. The first-order valence-corrected chi connectivity index (χ1v) is 6.31. The lowest BCUT2D eigenvalue weighted by molar-refractivity contribution is 0.585. The zero-order valence-corrected chi connectivity index (χ0v) is 11.3. The third kappa shape index (κ3) is 3.26. The number of rotatable bonds is 2. The molecule has 0 aliphatic heterocycles. The lowest BCUT2D eigenvalue weighted by Gasteiger charge is -2.16. The van der Waals surface area contributed by atoms with Crippen molar-refractivity contribution in [2.75, 3.05) is 0 Å². The summed E-state index contributed by atoms with van der Waals surface area (Å²) >= 11 is 0. The molecule has 0 spiro atoms. The second-order valence-corrected chi connectivity index (χ2v) is 5.36. The number of benzene rings is 1. The van der Waals surface area contributed by atoms with E-state index >= 15 is 0 Å². The summed E-state index contributed by atoms with van der Waals surface area (Å²) in [4.78, 5) is 0. The minimum absolute atomic E-state index is 0.210. The van der Waals surface area contributed by atoms with Crippen LogP contribution in [0.2, 0.25) is 0 Å². The van der Waals surface area contributed by atoms with Crippen molar-refractivity contribution < 1.29 is 4.42 Å². The van der Waals surface area contributed by atoms with Crippen LogP contribution in [0.1, 0.15) is 59.4 Å². The van der Waals surface area contributed by atoms with Gasteiger partial charge in [0.05, 0.1) is 0 Å². The molecule has 0 atom stereocenters. The molecule has 2 heterocycles. The summed E-state index contributed by atoms with van der Waals surface area (Å²) in [6.07, 6.45) is 4.08. The molecule has 0 aliphatic rings. The summed E-state index contributed by atoms with van der Waals surface area (Å²) in [5.74, 6) is 0. The Labute approximate surface area is 99.2 Å². The normalized spacial score (nSPS) is 11.6. The van der Waals surface area contributed by atoms with Crippen LogP contribution in [-0.2, 0) is 5.41 Å². The Morgan fingerprint density at radius 3 is 1.88 bits per heavy atom. The summed E-state index contributed by atoms with van der Waals surface area (Å²) < 4.78 is 5.44. The van der Waals surface area contributed by atoms with Gasteiger partial charge in [-0.1, -0.05) is 53.9 Å². The highest BCUT2D eigenvalue weighted by atomic mass is 16.3. The molecule has 0 radical (unpaired) electrons. The van der Waals surface area contributed by atoms with Crippen LogP contribution in [0.4, 0.5) is 0 Å². The maximum absolute atomic E-state index is 5.44. The summed E-state index contributed by atoms with van der Waals surface area (Å²) in [5, 5.41) is 0. The highest BCUT2D eigenvalue weighted by molar-refractivity contribution is 5.67. The lowest BCUT2D eigenvalue weighted by atomic mass is 9.87. The molecular formula is C15H24O. The van der Waals surface area contributed by atoms with E-state index < -0.39 is 0 Å². The molecule has 0 aromatic carbocycles. The first kappa shape index (κ1) is 13.1. The topological polar surface area (TPSA) is 13.1 Å². The number of hydrogen-bond donors (Lipinski definition) is 0. The van der Waals surface area contributed by atoms with Crippen LogP contribution >= 0.6 is 0 Å². The standard InChI is InChI=1S/C10H12O.C5H12/c1-10(2,3)8-6-7-4-5-9(8)11-7;1-3-5-4-2/h4-6H,1-3H3;3-5H2,1-2H3. The molecule has 0 N–H and O–H groups in total. The Hall–Kier alpha value is -0.980. The van der Waals surface area contributed by atoms with Gasteiger partial charge in [0, 0.05) is 5.56 Å². The van der Waals surface area contributed by atoms with Crippen LogP contribution in [0.25, 0.3) is 11.2 Å². The average Bonchev–Trinajstić information content (AvgIpc) is 2.79. The summed E-state index contributed by atoms with van der Waals surface area (Å²) in [7, 11) is 0. The van der Waals surface area contributed by atoms with Crippen molar-refractivity contribution in [3.8, 4) is 0 Å². The average molecular weight is 220 g/mol. The fourth-order valence-corrected chi connectivity index (χ4v) is 1.73. The van der Waals surface area contributed by atoms with Crippen LogP contribution in [0.5, 0.6) is 0 Å². The molecule has 2 rings (SSSR count). The van der Waals surface area contributed by atoms with Gasteiger partial charge in [-0.3, -0.25) is 0 Å². The van der Waals surface area contributed by atoms with E-state index in [2.05, 4.69) is 40.7 Å². The van der Waals surface area contributed by atoms with E-state index in [1.54, 1.807) is 0 Å². The zero-order valence-electron chi connectivity index (χ0n) is 11.3. The van der Waals surface area contributed by atoms with Crippen molar-refractivity contribution in [1.82, 2.24) is 0 Å². The third-order valence-electron chi connectivity index (χ3n) is 2.69. The van der Waals surface area contributed by atoms with Crippen LogP contribution in [0.3, 0.4) is 0 Å². The Bertz CT molecular complexity index is 390.